The van der Waals surface area contributed by atoms with Gasteiger partial charge in [-0.25, -0.2) is 0 Å². The van der Waals surface area contributed by atoms with Gasteiger partial charge in [-0.15, -0.1) is 0 Å². The number of benzene rings is 2. The number of rotatable bonds is 6. The van der Waals surface area contributed by atoms with Crippen LogP contribution in [-0.2, 0) is 6.42 Å². The summed E-state index contributed by atoms with van der Waals surface area (Å²) in [6.07, 6.45) is 2.06. The number of nitrogens with one attached hydrogen (secondary N) is 1. The lowest BCUT2D eigenvalue weighted by atomic mass is 10.0. The molecule has 2 rings (SSSR count). The Bertz CT molecular complexity index is 478. The van der Waals surface area contributed by atoms with Crippen molar-refractivity contribution >= 4 is 0 Å². The summed E-state index contributed by atoms with van der Waals surface area (Å²) in [4.78, 5) is 0. The Morgan fingerprint density at radius 3 is 2.32 bits per heavy atom. The van der Waals surface area contributed by atoms with E-state index < -0.39 is 0 Å². The number of hydrogen-bond donors (Lipinski definition) is 2. The lowest BCUT2D eigenvalue weighted by Gasteiger charge is -2.17. The average molecular weight is 255 g/mol. The molecule has 2 N–H and O–H groups in total. The van der Waals surface area contributed by atoms with Gasteiger partial charge >= 0.3 is 0 Å². The van der Waals surface area contributed by atoms with Crippen molar-refractivity contribution < 1.29 is 5.11 Å². The molecule has 0 aliphatic carbocycles. The lowest BCUT2D eigenvalue weighted by Crippen LogP contribution is -2.23. The Balaban J connectivity index is 1.85. The van der Waals surface area contributed by atoms with Crippen LogP contribution in [0.1, 0.15) is 30.5 Å². The van der Waals surface area contributed by atoms with Crippen LogP contribution in [0, 0.1) is 0 Å². The van der Waals surface area contributed by atoms with Gasteiger partial charge in [-0.1, -0.05) is 49.4 Å². The molecule has 0 aliphatic heterocycles. The molecule has 100 valence electrons. The summed E-state index contributed by atoms with van der Waals surface area (Å²) in [7, 11) is 0. The highest BCUT2D eigenvalue weighted by atomic mass is 16.3. The third-order valence-electron chi connectivity index (χ3n) is 3.35. The van der Waals surface area contributed by atoms with Crippen LogP contribution >= 0.6 is 0 Å². The maximum atomic E-state index is 9.24. The zero-order valence-corrected chi connectivity index (χ0v) is 11.3. The molecule has 0 heterocycles. The first-order valence-corrected chi connectivity index (χ1v) is 6.86. The zero-order valence-electron chi connectivity index (χ0n) is 11.3. The van der Waals surface area contributed by atoms with Gasteiger partial charge < -0.3 is 10.4 Å². The van der Waals surface area contributed by atoms with Gasteiger partial charge in [0, 0.05) is 6.04 Å². The minimum absolute atomic E-state index is 0.326. The van der Waals surface area contributed by atoms with Crippen molar-refractivity contribution in [1.29, 1.82) is 0 Å². The third kappa shape index (κ3) is 4.11. The summed E-state index contributed by atoms with van der Waals surface area (Å²) in [6, 6.07) is 18.4. The Kier molecular flexibility index (Phi) is 4.99. The molecule has 0 saturated carbocycles. The van der Waals surface area contributed by atoms with E-state index in [0.717, 1.165) is 19.4 Å². The molecule has 0 aliphatic rings. The minimum atomic E-state index is 0.326. The fourth-order valence-corrected chi connectivity index (χ4v) is 2.24. The average Bonchev–Trinajstić information content (AvgIpc) is 2.46. The van der Waals surface area contributed by atoms with Gasteiger partial charge in [0.2, 0.25) is 0 Å². The van der Waals surface area contributed by atoms with Crippen LogP contribution in [-0.4, -0.2) is 11.7 Å². The molecule has 0 saturated heterocycles. The minimum Gasteiger partial charge on any atom is -0.508 e. The monoisotopic (exact) mass is 255 g/mol. The second kappa shape index (κ2) is 6.95. The quantitative estimate of drug-likeness (QED) is 0.825. The van der Waals surface area contributed by atoms with Crippen molar-refractivity contribution in [2.45, 2.75) is 25.8 Å². The third-order valence-corrected chi connectivity index (χ3v) is 3.35. The first-order valence-electron chi connectivity index (χ1n) is 6.86. The van der Waals surface area contributed by atoms with Crippen molar-refractivity contribution in [2.24, 2.45) is 0 Å². The molecule has 0 amide bonds. The van der Waals surface area contributed by atoms with Gasteiger partial charge in [0.1, 0.15) is 5.75 Å². The molecule has 2 aromatic rings. The van der Waals surface area contributed by atoms with Crippen LogP contribution in [0.5, 0.6) is 5.75 Å². The number of phenolic OH excluding ortho intramolecular Hbond substituents is 1. The van der Waals surface area contributed by atoms with E-state index in [9.17, 15) is 5.11 Å². The standard InChI is InChI=1S/C17H21NO/c1-2-17(15-6-4-3-5-7-15)18-13-12-14-8-10-16(19)11-9-14/h3-11,17-19H,2,12-13H2,1H3. The largest absolute Gasteiger partial charge is 0.508 e. The van der Waals surface area contributed by atoms with Crippen LogP contribution in [0.25, 0.3) is 0 Å². The van der Waals surface area contributed by atoms with E-state index in [2.05, 4.69) is 36.5 Å². The van der Waals surface area contributed by atoms with Gasteiger partial charge in [-0.3, -0.25) is 0 Å². The Labute approximate surface area is 115 Å². The Morgan fingerprint density at radius 1 is 1.00 bits per heavy atom. The molecule has 2 nitrogen and oxygen atoms in total. The van der Waals surface area contributed by atoms with Crippen LogP contribution < -0.4 is 5.32 Å². The van der Waals surface area contributed by atoms with Gasteiger partial charge in [0.05, 0.1) is 0 Å². The van der Waals surface area contributed by atoms with E-state index in [1.165, 1.54) is 11.1 Å². The molecule has 1 unspecified atom stereocenters. The molecule has 0 spiro atoms. The molecule has 0 aromatic heterocycles. The van der Waals surface area contributed by atoms with E-state index >= 15 is 0 Å². The molecular weight excluding hydrogens is 234 g/mol. The number of aromatic hydroxyl groups is 1. The van der Waals surface area contributed by atoms with E-state index in [4.69, 9.17) is 0 Å². The van der Waals surface area contributed by atoms with Gasteiger partial charge in [-0.05, 0) is 42.6 Å². The van der Waals surface area contributed by atoms with Crippen molar-refractivity contribution in [3.63, 3.8) is 0 Å². The Morgan fingerprint density at radius 2 is 1.68 bits per heavy atom. The van der Waals surface area contributed by atoms with Crippen LogP contribution in [0.3, 0.4) is 0 Å². The maximum Gasteiger partial charge on any atom is 0.115 e. The Hall–Kier alpha value is -1.80. The van der Waals surface area contributed by atoms with Crippen molar-refractivity contribution in [3.05, 3.63) is 65.7 Å². The molecule has 2 heteroatoms. The first kappa shape index (κ1) is 13.6. The fraction of sp³-hybridized carbons (Fsp3) is 0.294. The SMILES string of the molecule is CCC(NCCc1ccc(O)cc1)c1ccccc1. The predicted molar refractivity (Wildman–Crippen MR) is 79.3 cm³/mol. The smallest absolute Gasteiger partial charge is 0.115 e. The second-order valence-corrected chi connectivity index (χ2v) is 4.74. The maximum absolute atomic E-state index is 9.24. The summed E-state index contributed by atoms with van der Waals surface area (Å²) in [5.41, 5.74) is 2.59. The molecule has 2 aromatic carbocycles. The predicted octanol–water partition coefficient (Wildman–Crippen LogP) is 3.68. The molecule has 19 heavy (non-hydrogen) atoms. The normalized spacial score (nSPS) is 12.3. The summed E-state index contributed by atoms with van der Waals surface area (Å²) < 4.78 is 0. The first-order chi connectivity index (χ1) is 9.29. The highest BCUT2D eigenvalue weighted by Gasteiger charge is 2.07. The summed E-state index contributed by atoms with van der Waals surface area (Å²) in [5.74, 6) is 0.326. The molecule has 0 fully saturated rings. The van der Waals surface area contributed by atoms with Gasteiger partial charge in [0.15, 0.2) is 0 Å². The van der Waals surface area contributed by atoms with Gasteiger partial charge in [0.25, 0.3) is 0 Å². The second-order valence-electron chi connectivity index (χ2n) is 4.74. The van der Waals surface area contributed by atoms with Crippen LogP contribution in [0.15, 0.2) is 54.6 Å². The molecule has 0 radical (unpaired) electrons. The highest BCUT2D eigenvalue weighted by Crippen LogP contribution is 2.16. The van der Waals surface area contributed by atoms with E-state index in [1.54, 1.807) is 12.1 Å². The van der Waals surface area contributed by atoms with E-state index in [1.807, 2.05) is 18.2 Å². The van der Waals surface area contributed by atoms with Crippen LogP contribution in [0.2, 0.25) is 0 Å². The molecule has 0 bridgehead atoms. The topological polar surface area (TPSA) is 32.3 Å². The summed E-state index contributed by atoms with van der Waals surface area (Å²) in [5, 5.41) is 12.8. The molecule has 1 atom stereocenters. The van der Waals surface area contributed by atoms with Crippen molar-refractivity contribution in [3.8, 4) is 5.75 Å². The highest BCUT2D eigenvalue weighted by molar-refractivity contribution is 5.26. The van der Waals surface area contributed by atoms with E-state index in [0.29, 0.717) is 11.8 Å². The van der Waals surface area contributed by atoms with Crippen molar-refractivity contribution in [2.75, 3.05) is 6.54 Å². The van der Waals surface area contributed by atoms with Crippen LogP contribution in [0.4, 0.5) is 0 Å². The van der Waals surface area contributed by atoms with Crippen molar-refractivity contribution in [1.82, 2.24) is 5.32 Å². The number of phenols is 1. The summed E-state index contributed by atoms with van der Waals surface area (Å²) >= 11 is 0. The zero-order chi connectivity index (χ0) is 13.5. The lowest BCUT2D eigenvalue weighted by molar-refractivity contribution is 0.475. The van der Waals surface area contributed by atoms with E-state index in [-0.39, 0.29) is 0 Å². The fourth-order valence-electron chi connectivity index (χ4n) is 2.24. The summed E-state index contributed by atoms with van der Waals surface area (Å²) in [6.45, 7) is 3.14. The number of hydrogen-bond acceptors (Lipinski definition) is 2. The molecular formula is C17H21NO. The van der Waals surface area contributed by atoms with Gasteiger partial charge in [-0.2, -0.15) is 0 Å².